The van der Waals surface area contributed by atoms with Crippen LogP contribution in [0.5, 0.6) is 5.75 Å². The number of aromatic nitrogens is 2. The molecule has 7 heteroatoms. The molecule has 0 aliphatic heterocycles. The number of amides is 1. The summed E-state index contributed by atoms with van der Waals surface area (Å²) in [6.07, 6.45) is 0.0734. The maximum atomic E-state index is 11.8. The van der Waals surface area contributed by atoms with Gasteiger partial charge in [0, 0.05) is 12.3 Å². The summed E-state index contributed by atoms with van der Waals surface area (Å²) < 4.78 is 11.2. The highest BCUT2D eigenvalue weighted by molar-refractivity contribution is 5.85. The monoisotopic (exact) mass is 303 g/mol. The topological polar surface area (TPSA) is 82.5 Å². The summed E-state index contributed by atoms with van der Waals surface area (Å²) in [6.45, 7) is 5.26. The number of hydrogen-bond donors (Lipinski definition) is 1. The quantitative estimate of drug-likeness (QED) is 0.920. The summed E-state index contributed by atoms with van der Waals surface area (Å²) in [7, 11) is 0. The molecular formula is C15H17N3O4. The molecule has 2 aromatic rings. The van der Waals surface area contributed by atoms with Gasteiger partial charge in [0.25, 0.3) is 0 Å². The number of hydrogen-bond acceptors (Lipinski definition) is 5. The van der Waals surface area contributed by atoms with Gasteiger partial charge in [-0.1, -0.05) is 18.2 Å². The Morgan fingerprint density at radius 1 is 1.14 bits per heavy atom. The van der Waals surface area contributed by atoms with E-state index in [1.54, 1.807) is 45.0 Å². The van der Waals surface area contributed by atoms with Gasteiger partial charge >= 0.3 is 12.2 Å². The number of carbonyl (C=O) groups is 2. The van der Waals surface area contributed by atoms with Gasteiger partial charge < -0.3 is 9.47 Å². The zero-order valence-electron chi connectivity index (χ0n) is 12.6. The summed E-state index contributed by atoms with van der Waals surface area (Å²) in [5, 5.41) is 6.33. The summed E-state index contributed by atoms with van der Waals surface area (Å²) in [5.41, 5.74) is -0.622. The Kier molecular flexibility index (Phi) is 4.45. The third kappa shape index (κ3) is 4.62. The maximum Gasteiger partial charge on any atom is 0.435 e. The molecular weight excluding hydrogens is 286 g/mol. The van der Waals surface area contributed by atoms with Crippen molar-refractivity contribution in [2.45, 2.75) is 26.4 Å². The van der Waals surface area contributed by atoms with E-state index in [1.807, 2.05) is 6.07 Å². The molecule has 0 fully saturated rings. The lowest BCUT2D eigenvalue weighted by Gasteiger charge is -2.18. The van der Waals surface area contributed by atoms with Crippen molar-refractivity contribution in [1.82, 2.24) is 9.78 Å². The highest BCUT2D eigenvalue weighted by Crippen LogP contribution is 2.12. The molecule has 0 atom stereocenters. The van der Waals surface area contributed by atoms with E-state index in [-0.39, 0.29) is 5.82 Å². The molecule has 1 aromatic carbocycles. The second-order valence-electron chi connectivity index (χ2n) is 5.45. The summed E-state index contributed by atoms with van der Waals surface area (Å²) in [5.74, 6) is 0.596. The van der Waals surface area contributed by atoms with E-state index in [9.17, 15) is 9.59 Å². The summed E-state index contributed by atoms with van der Waals surface area (Å²) in [4.78, 5) is 23.5. The van der Waals surface area contributed by atoms with Gasteiger partial charge in [-0.3, -0.25) is 5.32 Å². The molecule has 1 heterocycles. The van der Waals surface area contributed by atoms with Crippen molar-refractivity contribution in [3.63, 3.8) is 0 Å². The second kappa shape index (κ2) is 6.30. The third-order valence-corrected chi connectivity index (χ3v) is 2.35. The van der Waals surface area contributed by atoms with Crippen LogP contribution in [0.2, 0.25) is 0 Å². The highest BCUT2D eigenvalue weighted by Gasteiger charge is 2.19. The molecule has 116 valence electrons. The minimum absolute atomic E-state index is 0.187. The largest absolute Gasteiger partial charge is 0.442 e. The van der Waals surface area contributed by atoms with Crippen LogP contribution in [0.15, 0.2) is 42.6 Å². The number of benzene rings is 1. The molecule has 1 amide bonds. The Bertz CT molecular complexity index is 659. The first kappa shape index (κ1) is 15.6. The highest BCUT2D eigenvalue weighted by atomic mass is 16.6. The number of anilines is 1. The van der Waals surface area contributed by atoms with E-state index in [2.05, 4.69) is 10.4 Å². The van der Waals surface area contributed by atoms with Gasteiger partial charge in [-0.25, -0.2) is 9.59 Å². The van der Waals surface area contributed by atoms with Crippen LogP contribution in [0.4, 0.5) is 15.4 Å². The average molecular weight is 303 g/mol. The Morgan fingerprint density at radius 3 is 2.45 bits per heavy atom. The summed E-state index contributed by atoms with van der Waals surface area (Å²) in [6, 6.07) is 10.1. The molecule has 1 N–H and O–H groups in total. The standard InChI is InChI=1S/C15H17N3O4/c1-15(2,3)22-14(20)18-10-9-12(17-18)16-13(19)21-11-7-5-4-6-8-11/h4-10H,1-3H3,(H,16,17,19). The lowest BCUT2D eigenvalue weighted by molar-refractivity contribution is 0.0515. The predicted octanol–water partition coefficient (Wildman–Crippen LogP) is 3.28. The van der Waals surface area contributed by atoms with Gasteiger partial charge in [-0.2, -0.15) is 4.68 Å². The molecule has 0 bridgehead atoms. The second-order valence-corrected chi connectivity index (χ2v) is 5.45. The van der Waals surface area contributed by atoms with Crippen molar-refractivity contribution in [1.29, 1.82) is 0 Å². The van der Waals surface area contributed by atoms with Crippen LogP contribution < -0.4 is 10.1 Å². The van der Waals surface area contributed by atoms with Crippen LogP contribution in [0, 0.1) is 0 Å². The predicted molar refractivity (Wildman–Crippen MR) is 79.9 cm³/mol. The van der Waals surface area contributed by atoms with Crippen molar-refractivity contribution in [2.24, 2.45) is 0 Å². The fourth-order valence-corrected chi connectivity index (χ4v) is 1.53. The van der Waals surface area contributed by atoms with E-state index < -0.39 is 17.8 Å². The van der Waals surface area contributed by atoms with Gasteiger partial charge in [-0.05, 0) is 32.9 Å². The first-order valence-electron chi connectivity index (χ1n) is 6.66. The minimum atomic E-state index is -0.694. The molecule has 2 rings (SSSR count). The molecule has 7 nitrogen and oxygen atoms in total. The zero-order valence-corrected chi connectivity index (χ0v) is 12.6. The first-order chi connectivity index (χ1) is 10.3. The molecule has 0 aliphatic rings. The third-order valence-electron chi connectivity index (χ3n) is 2.35. The van der Waals surface area contributed by atoms with Crippen molar-refractivity contribution in [3.05, 3.63) is 42.6 Å². The van der Waals surface area contributed by atoms with E-state index in [1.165, 1.54) is 12.3 Å². The van der Waals surface area contributed by atoms with Crippen LogP contribution in [-0.4, -0.2) is 27.6 Å². The zero-order chi connectivity index (χ0) is 16.2. The van der Waals surface area contributed by atoms with Crippen LogP contribution >= 0.6 is 0 Å². The van der Waals surface area contributed by atoms with Crippen LogP contribution in [0.3, 0.4) is 0 Å². The number of ether oxygens (including phenoxy) is 2. The Balaban J connectivity index is 1.94. The average Bonchev–Trinajstić information content (AvgIpc) is 2.86. The van der Waals surface area contributed by atoms with Gasteiger partial charge in [0.1, 0.15) is 11.4 Å². The Hall–Kier alpha value is -2.83. The molecule has 0 saturated carbocycles. The van der Waals surface area contributed by atoms with Crippen LogP contribution in [0.1, 0.15) is 20.8 Å². The Morgan fingerprint density at radius 2 is 1.82 bits per heavy atom. The number of nitrogens with one attached hydrogen (secondary N) is 1. The molecule has 1 aromatic heterocycles. The molecule has 0 saturated heterocycles. The molecule has 0 radical (unpaired) electrons. The van der Waals surface area contributed by atoms with E-state index in [0.717, 1.165) is 4.68 Å². The van der Waals surface area contributed by atoms with Crippen LogP contribution in [-0.2, 0) is 4.74 Å². The van der Waals surface area contributed by atoms with Crippen LogP contribution in [0.25, 0.3) is 0 Å². The number of nitrogens with zero attached hydrogens (tertiary/aromatic N) is 2. The van der Waals surface area contributed by atoms with E-state index in [4.69, 9.17) is 9.47 Å². The Labute approximate surface area is 127 Å². The fourth-order valence-electron chi connectivity index (χ4n) is 1.53. The summed E-state index contributed by atoms with van der Waals surface area (Å²) >= 11 is 0. The first-order valence-corrected chi connectivity index (χ1v) is 6.66. The van der Waals surface area contributed by atoms with Crippen molar-refractivity contribution >= 4 is 18.0 Å². The molecule has 0 unspecified atom stereocenters. The smallest absolute Gasteiger partial charge is 0.435 e. The minimum Gasteiger partial charge on any atom is -0.442 e. The number of carbonyl (C=O) groups excluding carboxylic acids is 2. The number of para-hydroxylation sites is 1. The van der Waals surface area contributed by atoms with Crippen molar-refractivity contribution < 1.29 is 19.1 Å². The van der Waals surface area contributed by atoms with Gasteiger partial charge in [-0.15, -0.1) is 5.10 Å². The molecule has 22 heavy (non-hydrogen) atoms. The van der Waals surface area contributed by atoms with Crippen molar-refractivity contribution in [3.8, 4) is 5.75 Å². The van der Waals surface area contributed by atoms with E-state index in [0.29, 0.717) is 5.75 Å². The lowest BCUT2D eigenvalue weighted by Crippen LogP contribution is -2.27. The lowest BCUT2D eigenvalue weighted by atomic mass is 10.2. The van der Waals surface area contributed by atoms with Crippen molar-refractivity contribution in [2.75, 3.05) is 5.32 Å². The molecule has 0 aliphatic carbocycles. The SMILES string of the molecule is CC(C)(C)OC(=O)n1ccc(NC(=O)Oc2ccccc2)n1. The fraction of sp³-hybridized carbons (Fsp3) is 0.267. The maximum absolute atomic E-state index is 11.8. The van der Waals surface area contributed by atoms with Gasteiger partial charge in [0.05, 0.1) is 0 Å². The van der Waals surface area contributed by atoms with Gasteiger partial charge in [0.2, 0.25) is 0 Å². The normalized spacial score (nSPS) is 10.9. The van der Waals surface area contributed by atoms with E-state index >= 15 is 0 Å². The van der Waals surface area contributed by atoms with Gasteiger partial charge in [0.15, 0.2) is 5.82 Å². The number of rotatable bonds is 2. The molecule has 0 spiro atoms.